The smallest absolute Gasteiger partial charge is 0.159 e. The molecule has 1 aliphatic rings. The van der Waals surface area contributed by atoms with Crippen LogP contribution in [0.5, 0.6) is 0 Å². The summed E-state index contributed by atoms with van der Waals surface area (Å²) in [4.78, 5) is 10.2. The highest BCUT2D eigenvalue weighted by molar-refractivity contribution is 6.17. The number of furan rings is 1. The van der Waals surface area contributed by atoms with E-state index in [0.29, 0.717) is 5.84 Å². The molecule has 3 heterocycles. The number of aliphatic imine (C=N–C) groups is 2. The van der Waals surface area contributed by atoms with Gasteiger partial charge < -0.3 is 14.3 Å². The van der Waals surface area contributed by atoms with Crippen LogP contribution in [0.3, 0.4) is 0 Å². The van der Waals surface area contributed by atoms with Crippen molar-refractivity contribution in [1.29, 1.82) is 0 Å². The zero-order valence-corrected chi connectivity index (χ0v) is 23.7. The van der Waals surface area contributed by atoms with Crippen LogP contribution >= 0.6 is 0 Å². The third kappa shape index (κ3) is 3.87. The molecule has 2 aromatic heterocycles. The van der Waals surface area contributed by atoms with Crippen LogP contribution in [0.15, 0.2) is 160 Å². The summed E-state index contributed by atoms with van der Waals surface area (Å²) in [6.07, 6.45) is -0.361. The van der Waals surface area contributed by atoms with Gasteiger partial charge in [-0.15, -0.1) is 0 Å². The second-order valence-corrected chi connectivity index (χ2v) is 11.1. The lowest BCUT2D eigenvalue weighted by molar-refractivity contribution is 0.668. The van der Waals surface area contributed by atoms with Gasteiger partial charge in [-0.25, -0.2) is 9.98 Å². The van der Waals surface area contributed by atoms with Crippen molar-refractivity contribution in [1.82, 2.24) is 9.88 Å². The van der Waals surface area contributed by atoms with E-state index in [1.54, 1.807) is 0 Å². The first-order valence-corrected chi connectivity index (χ1v) is 14.8. The molecule has 0 fully saturated rings. The van der Waals surface area contributed by atoms with E-state index in [1.165, 1.54) is 10.8 Å². The van der Waals surface area contributed by atoms with Crippen molar-refractivity contribution in [3.63, 3.8) is 0 Å². The number of hydrogen-bond donors (Lipinski definition) is 1. The molecule has 5 nitrogen and oxygen atoms in total. The first-order valence-electron chi connectivity index (χ1n) is 14.8. The van der Waals surface area contributed by atoms with Gasteiger partial charge >= 0.3 is 0 Å². The molecule has 8 aromatic rings. The summed E-state index contributed by atoms with van der Waals surface area (Å²) in [5, 5.41) is 8.30. The Morgan fingerprint density at radius 2 is 1.23 bits per heavy atom. The Hall–Kier alpha value is -5.94. The molecule has 44 heavy (non-hydrogen) atoms. The van der Waals surface area contributed by atoms with Crippen molar-refractivity contribution in [2.24, 2.45) is 9.98 Å². The van der Waals surface area contributed by atoms with Crippen LogP contribution in [0.1, 0.15) is 22.9 Å². The van der Waals surface area contributed by atoms with Gasteiger partial charge in [0, 0.05) is 44.3 Å². The molecule has 0 aliphatic carbocycles. The van der Waals surface area contributed by atoms with Gasteiger partial charge in [0.2, 0.25) is 0 Å². The van der Waals surface area contributed by atoms with Crippen molar-refractivity contribution in [2.75, 3.05) is 0 Å². The molecule has 1 unspecified atom stereocenters. The van der Waals surface area contributed by atoms with E-state index < -0.39 is 0 Å². The summed E-state index contributed by atoms with van der Waals surface area (Å²) in [5.41, 5.74) is 8.09. The highest BCUT2D eigenvalue weighted by Gasteiger charge is 2.25. The monoisotopic (exact) mass is 566 g/mol. The average molecular weight is 567 g/mol. The summed E-state index contributed by atoms with van der Waals surface area (Å²) in [5.74, 6) is 1.50. The molecular weight excluding hydrogens is 540 g/mol. The number of benzene rings is 6. The quantitative estimate of drug-likeness (QED) is 0.231. The largest absolute Gasteiger partial charge is 0.456 e. The summed E-state index contributed by atoms with van der Waals surface area (Å²) < 4.78 is 8.70. The lowest BCUT2D eigenvalue weighted by atomic mass is 10.1. The Bertz CT molecular complexity index is 2420. The predicted octanol–water partition coefficient (Wildman–Crippen LogP) is 9.18. The van der Waals surface area contributed by atoms with Gasteiger partial charge in [-0.2, -0.15) is 0 Å². The maximum Gasteiger partial charge on any atom is 0.159 e. The van der Waals surface area contributed by atoms with Crippen LogP contribution in [-0.4, -0.2) is 16.2 Å². The van der Waals surface area contributed by atoms with Gasteiger partial charge in [-0.3, -0.25) is 0 Å². The van der Waals surface area contributed by atoms with Crippen LogP contribution in [-0.2, 0) is 0 Å². The fourth-order valence-electron chi connectivity index (χ4n) is 6.44. The van der Waals surface area contributed by atoms with Crippen molar-refractivity contribution in [3.8, 4) is 5.69 Å². The minimum atomic E-state index is -0.361. The third-order valence-corrected chi connectivity index (χ3v) is 8.47. The molecule has 1 N–H and O–H groups in total. The zero-order chi connectivity index (χ0) is 29.0. The Kier molecular flexibility index (Phi) is 5.50. The number of fused-ring (bicyclic) bond motifs is 6. The molecule has 5 heteroatoms. The summed E-state index contributed by atoms with van der Waals surface area (Å²) in [6, 6.07) is 50.3. The van der Waals surface area contributed by atoms with Crippen LogP contribution in [0, 0.1) is 0 Å². The minimum Gasteiger partial charge on any atom is -0.456 e. The van der Waals surface area contributed by atoms with E-state index in [-0.39, 0.29) is 6.17 Å². The lowest BCUT2D eigenvalue weighted by Crippen LogP contribution is -2.34. The summed E-state index contributed by atoms with van der Waals surface area (Å²) >= 11 is 0. The molecule has 0 bridgehead atoms. The maximum absolute atomic E-state index is 6.36. The molecule has 0 amide bonds. The number of hydrogen-bond acceptors (Lipinski definition) is 4. The van der Waals surface area contributed by atoms with Gasteiger partial charge in [0.15, 0.2) is 5.84 Å². The van der Waals surface area contributed by atoms with E-state index in [1.807, 2.05) is 48.5 Å². The number of nitrogens with one attached hydrogen (secondary N) is 1. The molecule has 0 radical (unpaired) electrons. The molecule has 9 rings (SSSR count). The van der Waals surface area contributed by atoms with Gasteiger partial charge in [-0.1, -0.05) is 115 Å². The van der Waals surface area contributed by atoms with E-state index >= 15 is 0 Å². The second kappa shape index (κ2) is 9.82. The van der Waals surface area contributed by atoms with Crippen molar-refractivity contribution in [3.05, 3.63) is 162 Å². The van der Waals surface area contributed by atoms with Crippen molar-refractivity contribution < 1.29 is 4.42 Å². The molecule has 208 valence electrons. The molecule has 1 atom stereocenters. The Balaban J connectivity index is 1.28. The van der Waals surface area contributed by atoms with E-state index in [0.717, 1.165) is 61.2 Å². The molecule has 1 aliphatic heterocycles. The molecular formula is C39H26N4O. The van der Waals surface area contributed by atoms with Crippen molar-refractivity contribution >= 4 is 55.4 Å². The van der Waals surface area contributed by atoms with Crippen molar-refractivity contribution in [2.45, 2.75) is 6.17 Å². The Morgan fingerprint density at radius 3 is 2.07 bits per heavy atom. The molecule has 0 spiro atoms. The predicted molar refractivity (Wildman–Crippen MR) is 180 cm³/mol. The zero-order valence-electron chi connectivity index (χ0n) is 23.7. The molecule has 6 aromatic carbocycles. The standard InChI is InChI=1S/C39H26N4O/c1-3-13-25(14-4-1)37-40-38(26-15-5-2-6-16-26)42-39(41-37)29-19-8-11-21-33(29)43-32-20-10-7-17-27(32)30-23-31-28-18-9-12-22-35(28)44-36(31)24-34(30)43/h1-24,39H,(H,40,41,42). The van der Waals surface area contributed by atoms with Gasteiger partial charge in [-0.05, 0) is 24.3 Å². The number of rotatable bonds is 4. The fourth-order valence-corrected chi connectivity index (χ4v) is 6.44. The summed E-state index contributed by atoms with van der Waals surface area (Å²) in [6.45, 7) is 0. The number of nitrogens with zero attached hydrogens (tertiary/aromatic N) is 3. The van der Waals surface area contributed by atoms with Crippen LogP contribution in [0.25, 0.3) is 49.4 Å². The van der Waals surface area contributed by atoms with Gasteiger partial charge in [0.1, 0.15) is 23.2 Å². The van der Waals surface area contributed by atoms with E-state index in [9.17, 15) is 0 Å². The van der Waals surface area contributed by atoms with Crippen LogP contribution < -0.4 is 5.32 Å². The lowest BCUT2D eigenvalue weighted by Gasteiger charge is -2.26. The van der Waals surface area contributed by atoms with Gasteiger partial charge in [0.25, 0.3) is 0 Å². The average Bonchev–Trinajstić information content (AvgIpc) is 3.62. The number of para-hydroxylation sites is 3. The van der Waals surface area contributed by atoms with Crippen LogP contribution in [0.4, 0.5) is 0 Å². The number of aromatic nitrogens is 1. The third-order valence-electron chi connectivity index (χ3n) is 8.47. The Morgan fingerprint density at radius 1 is 0.545 bits per heavy atom. The second-order valence-electron chi connectivity index (χ2n) is 11.1. The fraction of sp³-hybridized carbons (Fsp3) is 0.0256. The normalized spacial score (nSPS) is 15.0. The highest BCUT2D eigenvalue weighted by atomic mass is 16.3. The first-order chi connectivity index (χ1) is 21.8. The highest BCUT2D eigenvalue weighted by Crippen LogP contribution is 2.39. The maximum atomic E-state index is 6.36. The molecule has 0 saturated heterocycles. The van der Waals surface area contributed by atoms with E-state index in [4.69, 9.17) is 14.4 Å². The van der Waals surface area contributed by atoms with E-state index in [2.05, 4.69) is 107 Å². The SMILES string of the molecule is c1ccc(C2=NC(c3ccccc3-n3c4ccccc4c4cc5c(cc43)oc3ccccc35)NC(c3ccccc3)=N2)cc1. The summed E-state index contributed by atoms with van der Waals surface area (Å²) in [7, 11) is 0. The first kappa shape index (κ1) is 24.6. The number of amidine groups is 2. The Labute approximate surface area is 253 Å². The van der Waals surface area contributed by atoms with Gasteiger partial charge in [0.05, 0.1) is 16.7 Å². The molecule has 0 saturated carbocycles. The van der Waals surface area contributed by atoms with Crippen LogP contribution in [0.2, 0.25) is 0 Å². The topological polar surface area (TPSA) is 54.8 Å². The minimum absolute atomic E-state index is 0.361.